The molecule has 1 saturated heterocycles. The fraction of sp³-hybridized carbons (Fsp3) is 0.278. The molecule has 0 atom stereocenters. The van der Waals surface area contributed by atoms with Crippen molar-refractivity contribution in [2.75, 3.05) is 42.9 Å². The first-order chi connectivity index (χ1) is 11.6. The smallest absolute Gasteiger partial charge is 0.238 e. The van der Waals surface area contributed by atoms with Crippen molar-refractivity contribution in [1.29, 1.82) is 0 Å². The first-order valence-electron chi connectivity index (χ1n) is 7.89. The lowest BCUT2D eigenvalue weighted by Gasteiger charge is -2.35. The Morgan fingerprint density at radius 3 is 2.29 bits per heavy atom. The average Bonchev–Trinajstić information content (AvgIpc) is 2.58. The number of para-hydroxylation sites is 1. The summed E-state index contributed by atoms with van der Waals surface area (Å²) in [7, 11) is 0. The Morgan fingerprint density at radius 1 is 0.958 bits per heavy atom. The molecule has 1 amide bonds. The molecule has 2 aromatic carbocycles. The Balaban J connectivity index is 1.49. The fourth-order valence-electron chi connectivity index (χ4n) is 2.77. The van der Waals surface area contributed by atoms with Crippen LogP contribution in [0.1, 0.15) is 0 Å². The molecule has 4 nitrogen and oxygen atoms in total. The van der Waals surface area contributed by atoms with Gasteiger partial charge in [-0.25, -0.2) is 8.78 Å². The van der Waals surface area contributed by atoms with Crippen molar-refractivity contribution in [3.8, 4) is 0 Å². The van der Waals surface area contributed by atoms with Crippen molar-refractivity contribution in [1.82, 2.24) is 4.90 Å². The molecule has 1 fully saturated rings. The van der Waals surface area contributed by atoms with Crippen LogP contribution in [0.25, 0.3) is 0 Å². The highest BCUT2D eigenvalue weighted by Gasteiger charge is 2.19. The maximum atomic E-state index is 13.5. The second kappa shape index (κ2) is 7.40. The molecule has 1 aliphatic rings. The van der Waals surface area contributed by atoms with Gasteiger partial charge in [0.2, 0.25) is 5.91 Å². The number of benzene rings is 2. The Kier molecular flexibility index (Phi) is 5.05. The Bertz CT molecular complexity index is 698. The number of hydrogen-bond donors (Lipinski definition) is 1. The van der Waals surface area contributed by atoms with Crippen LogP contribution >= 0.6 is 0 Å². The SMILES string of the molecule is O=C(CN1CCN(c2ccc(F)cc2)CC1)Nc1ccccc1F. The van der Waals surface area contributed by atoms with E-state index in [4.69, 9.17) is 0 Å². The third-order valence-electron chi connectivity index (χ3n) is 4.08. The topological polar surface area (TPSA) is 35.6 Å². The molecule has 6 heteroatoms. The number of carbonyl (C=O) groups excluding carboxylic acids is 1. The molecular weight excluding hydrogens is 312 g/mol. The van der Waals surface area contributed by atoms with Crippen LogP contribution in [0.3, 0.4) is 0 Å². The van der Waals surface area contributed by atoms with Gasteiger partial charge in [-0.15, -0.1) is 0 Å². The van der Waals surface area contributed by atoms with Gasteiger partial charge in [0.15, 0.2) is 0 Å². The molecule has 0 bridgehead atoms. The molecule has 0 radical (unpaired) electrons. The summed E-state index contributed by atoms with van der Waals surface area (Å²) in [5.41, 5.74) is 1.18. The number of hydrogen-bond acceptors (Lipinski definition) is 3. The third-order valence-corrected chi connectivity index (χ3v) is 4.08. The van der Waals surface area contributed by atoms with Crippen molar-refractivity contribution in [3.05, 3.63) is 60.2 Å². The lowest BCUT2D eigenvalue weighted by Crippen LogP contribution is -2.48. The van der Waals surface area contributed by atoms with Crippen LogP contribution < -0.4 is 10.2 Å². The molecule has 3 rings (SSSR count). The molecule has 1 aliphatic heterocycles. The van der Waals surface area contributed by atoms with E-state index in [0.29, 0.717) is 0 Å². The monoisotopic (exact) mass is 331 g/mol. The van der Waals surface area contributed by atoms with Gasteiger partial charge >= 0.3 is 0 Å². The van der Waals surface area contributed by atoms with Gasteiger partial charge in [-0.1, -0.05) is 12.1 Å². The number of nitrogens with one attached hydrogen (secondary N) is 1. The number of piperazine rings is 1. The van der Waals surface area contributed by atoms with Crippen LogP contribution in [0, 0.1) is 11.6 Å². The highest BCUT2D eigenvalue weighted by atomic mass is 19.1. The lowest BCUT2D eigenvalue weighted by atomic mass is 10.2. The Morgan fingerprint density at radius 2 is 1.62 bits per heavy atom. The standard InChI is InChI=1S/C18H19F2N3O/c19-14-5-7-15(8-6-14)23-11-9-22(10-12-23)13-18(24)21-17-4-2-1-3-16(17)20/h1-8H,9-13H2,(H,21,24). The van der Waals surface area contributed by atoms with Gasteiger partial charge in [-0.2, -0.15) is 0 Å². The molecule has 0 unspecified atom stereocenters. The number of carbonyl (C=O) groups is 1. The van der Waals surface area contributed by atoms with Crippen LogP contribution in [0.2, 0.25) is 0 Å². The summed E-state index contributed by atoms with van der Waals surface area (Å²) >= 11 is 0. The largest absolute Gasteiger partial charge is 0.369 e. The van der Waals surface area contributed by atoms with Crippen molar-refractivity contribution < 1.29 is 13.6 Å². The van der Waals surface area contributed by atoms with Crippen LogP contribution in [-0.4, -0.2) is 43.5 Å². The predicted octanol–water partition coefficient (Wildman–Crippen LogP) is 2.73. The molecule has 1 N–H and O–H groups in total. The van der Waals surface area contributed by atoms with Crippen LogP contribution in [0.4, 0.5) is 20.2 Å². The van der Waals surface area contributed by atoms with E-state index in [1.165, 1.54) is 18.2 Å². The summed E-state index contributed by atoms with van der Waals surface area (Å²) in [6.07, 6.45) is 0. The van der Waals surface area contributed by atoms with Crippen molar-refractivity contribution >= 4 is 17.3 Å². The lowest BCUT2D eigenvalue weighted by molar-refractivity contribution is -0.117. The van der Waals surface area contributed by atoms with Crippen molar-refractivity contribution in [3.63, 3.8) is 0 Å². The Hall–Kier alpha value is -2.47. The van der Waals surface area contributed by atoms with E-state index in [1.807, 2.05) is 4.90 Å². The summed E-state index contributed by atoms with van der Waals surface area (Å²) in [4.78, 5) is 16.2. The number of anilines is 2. The number of rotatable bonds is 4. The van der Waals surface area contributed by atoms with E-state index in [-0.39, 0.29) is 24.0 Å². The Labute approximate surface area is 139 Å². The van der Waals surface area contributed by atoms with Crippen LogP contribution in [0.15, 0.2) is 48.5 Å². The zero-order chi connectivity index (χ0) is 16.9. The highest BCUT2D eigenvalue weighted by molar-refractivity contribution is 5.92. The second-order valence-electron chi connectivity index (χ2n) is 5.77. The quantitative estimate of drug-likeness (QED) is 0.936. The molecule has 0 saturated carbocycles. The second-order valence-corrected chi connectivity index (χ2v) is 5.77. The first kappa shape index (κ1) is 16.4. The average molecular weight is 331 g/mol. The van der Waals surface area contributed by atoms with E-state index >= 15 is 0 Å². The first-order valence-corrected chi connectivity index (χ1v) is 7.89. The highest BCUT2D eigenvalue weighted by Crippen LogP contribution is 2.17. The number of halogens is 2. The van der Waals surface area contributed by atoms with E-state index in [1.54, 1.807) is 30.3 Å². The van der Waals surface area contributed by atoms with Gasteiger partial charge < -0.3 is 10.2 Å². The van der Waals surface area contributed by atoms with Crippen LogP contribution in [0.5, 0.6) is 0 Å². The summed E-state index contributed by atoms with van der Waals surface area (Å²) in [6, 6.07) is 12.5. The normalized spacial score (nSPS) is 15.3. The maximum Gasteiger partial charge on any atom is 0.238 e. The van der Waals surface area contributed by atoms with Crippen molar-refractivity contribution in [2.24, 2.45) is 0 Å². The van der Waals surface area contributed by atoms with E-state index < -0.39 is 5.82 Å². The summed E-state index contributed by atoms with van der Waals surface area (Å²) in [5.74, 6) is -0.912. The fourth-order valence-corrected chi connectivity index (χ4v) is 2.77. The van der Waals surface area contributed by atoms with Gasteiger partial charge in [0.25, 0.3) is 0 Å². The minimum atomic E-state index is -0.438. The summed E-state index contributed by atoms with van der Waals surface area (Å²) in [6.45, 7) is 3.20. The van der Waals surface area contributed by atoms with Gasteiger partial charge in [0.1, 0.15) is 11.6 Å². The summed E-state index contributed by atoms with van der Waals surface area (Å²) in [5, 5.41) is 2.60. The van der Waals surface area contributed by atoms with E-state index in [0.717, 1.165) is 31.9 Å². The van der Waals surface area contributed by atoms with Gasteiger partial charge in [0.05, 0.1) is 12.2 Å². The third kappa shape index (κ3) is 4.08. The molecule has 0 aromatic heterocycles. The maximum absolute atomic E-state index is 13.5. The van der Waals surface area contributed by atoms with Crippen LogP contribution in [-0.2, 0) is 4.79 Å². The van der Waals surface area contributed by atoms with Gasteiger partial charge in [-0.05, 0) is 36.4 Å². The van der Waals surface area contributed by atoms with E-state index in [2.05, 4.69) is 10.2 Å². The minimum Gasteiger partial charge on any atom is -0.369 e. The molecule has 126 valence electrons. The molecule has 24 heavy (non-hydrogen) atoms. The molecule has 2 aromatic rings. The predicted molar refractivity (Wildman–Crippen MR) is 90.1 cm³/mol. The molecule has 0 aliphatic carbocycles. The minimum absolute atomic E-state index is 0.201. The molecule has 1 heterocycles. The number of amides is 1. The van der Waals surface area contributed by atoms with E-state index in [9.17, 15) is 13.6 Å². The number of nitrogens with zero attached hydrogens (tertiary/aromatic N) is 2. The van der Waals surface area contributed by atoms with Crippen molar-refractivity contribution in [2.45, 2.75) is 0 Å². The van der Waals surface area contributed by atoms with Gasteiger partial charge in [0, 0.05) is 31.9 Å². The zero-order valence-corrected chi connectivity index (χ0v) is 13.2. The molecule has 0 spiro atoms. The van der Waals surface area contributed by atoms with Gasteiger partial charge in [-0.3, -0.25) is 9.69 Å². The summed E-state index contributed by atoms with van der Waals surface area (Å²) < 4.78 is 26.5. The zero-order valence-electron chi connectivity index (χ0n) is 13.2. The molecular formula is C18H19F2N3O.